The van der Waals surface area contributed by atoms with Crippen LogP contribution in [0.25, 0.3) is 0 Å². The number of nitrogens with one attached hydrogen (secondary N) is 1. The van der Waals surface area contributed by atoms with E-state index in [0.29, 0.717) is 12.1 Å². The molecule has 1 saturated carbocycles. The second-order valence-electron chi connectivity index (χ2n) is 5.34. The van der Waals surface area contributed by atoms with Crippen LogP contribution in [0.2, 0.25) is 0 Å². The minimum atomic E-state index is 0.334. The van der Waals surface area contributed by atoms with E-state index < -0.39 is 0 Å². The van der Waals surface area contributed by atoms with Crippen LogP contribution in [0, 0.1) is 0 Å². The Morgan fingerprint density at radius 3 is 2.84 bits per heavy atom. The van der Waals surface area contributed by atoms with Crippen LogP contribution in [-0.4, -0.2) is 24.2 Å². The fourth-order valence-corrected chi connectivity index (χ4v) is 2.18. The SMILES string of the molecule is C/C=C(\C)CCc1ccc(OC2CC(NC)C2)nc1. The molecular formula is C16H24N2O. The second kappa shape index (κ2) is 6.71. The van der Waals surface area contributed by atoms with Gasteiger partial charge in [0.25, 0.3) is 0 Å². The van der Waals surface area contributed by atoms with Gasteiger partial charge in [-0.25, -0.2) is 4.98 Å². The van der Waals surface area contributed by atoms with Crippen molar-refractivity contribution >= 4 is 0 Å². The van der Waals surface area contributed by atoms with E-state index in [4.69, 9.17) is 4.74 Å². The maximum Gasteiger partial charge on any atom is 0.213 e. The molecule has 104 valence electrons. The van der Waals surface area contributed by atoms with Gasteiger partial charge in [0.2, 0.25) is 5.88 Å². The van der Waals surface area contributed by atoms with Gasteiger partial charge in [0.1, 0.15) is 6.10 Å². The third-order valence-corrected chi connectivity index (χ3v) is 3.89. The van der Waals surface area contributed by atoms with Gasteiger partial charge in [-0.15, -0.1) is 0 Å². The van der Waals surface area contributed by atoms with Crippen molar-refractivity contribution in [1.29, 1.82) is 0 Å². The molecule has 3 nitrogen and oxygen atoms in total. The fraction of sp³-hybridized carbons (Fsp3) is 0.562. The number of rotatable bonds is 6. The Morgan fingerprint density at radius 2 is 2.26 bits per heavy atom. The standard InChI is InChI=1S/C16H24N2O/c1-4-12(2)5-6-13-7-8-16(18-11-13)19-15-9-14(10-15)17-3/h4,7-8,11,14-15,17H,5-6,9-10H2,1-3H3/b12-4+. The van der Waals surface area contributed by atoms with Crippen LogP contribution in [0.3, 0.4) is 0 Å². The molecule has 0 unspecified atom stereocenters. The van der Waals surface area contributed by atoms with Gasteiger partial charge in [-0.3, -0.25) is 0 Å². The number of aryl methyl sites for hydroxylation is 1. The van der Waals surface area contributed by atoms with Crippen LogP contribution >= 0.6 is 0 Å². The van der Waals surface area contributed by atoms with Crippen molar-refractivity contribution in [2.75, 3.05) is 7.05 Å². The number of nitrogens with zero attached hydrogens (tertiary/aromatic N) is 1. The average molecular weight is 260 g/mol. The number of aromatic nitrogens is 1. The molecule has 2 rings (SSSR count). The van der Waals surface area contributed by atoms with Crippen LogP contribution < -0.4 is 10.1 Å². The van der Waals surface area contributed by atoms with Crippen LogP contribution in [0.5, 0.6) is 5.88 Å². The number of pyridine rings is 1. The van der Waals surface area contributed by atoms with E-state index in [1.54, 1.807) is 0 Å². The Morgan fingerprint density at radius 1 is 1.47 bits per heavy atom. The van der Waals surface area contributed by atoms with Gasteiger partial charge < -0.3 is 10.1 Å². The molecule has 0 radical (unpaired) electrons. The average Bonchev–Trinajstić information content (AvgIpc) is 2.40. The van der Waals surface area contributed by atoms with Gasteiger partial charge in [-0.05, 0) is 52.1 Å². The molecule has 0 amide bonds. The summed E-state index contributed by atoms with van der Waals surface area (Å²) in [5, 5.41) is 3.25. The second-order valence-corrected chi connectivity index (χ2v) is 5.34. The molecule has 19 heavy (non-hydrogen) atoms. The van der Waals surface area contributed by atoms with Gasteiger partial charge in [0.05, 0.1) is 0 Å². The summed E-state index contributed by atoms with van der Waals surface area (Å²) in [5.41, 5.74) is 2.70. The minimum absolute atomic E-state index is 0.334. The van der Waals surface area contributed by atoms with Crippen molar-refractivity contribution in [3.63, 3.8) is 0 Å². The topological polar surface area (TPSA) is 34.1 Å². The highest BCUT2D eigenvalue weighted by Crippen LogP contribution is 2.24. The Kier molecular flexibility index (Phi) is 4.97. The van der Waals surface area contributed by atoms with Crippen molar-refractivity contribution in [2.45, 2.75) is 51.7 Å². The molecule has 1 aliphatic rings. The molecule has 1 heterocycles. The van der Waals surface area contributed by atoms with Crippen LogP contribution in [0.15, 0.2) is 30.0 Å². The summed E-state index contributed by atoms with van der Waals surface area (Å²) in [6, 6.07) is 4.74. The van der Waals surface area contributed by atoms with E-state index in [0.717, 1.165) is 31.6 Å². The maximum absolute atomic E-state index is 5.82. The van der Waals surface area contributed by atoms with E-state index >= 15 is 0 Å². The highest BCUT2D eigenvalue weighted by Gasteiger charge is 2.29. The first-order valence-electron chi connectivity index (χ1n) is 7.12. The lowest BCUT2D eigenvalue weighted by Gasteiger charge is -2.34. The molecule has 0 saturated heterocycles. The van der Waals surface area contributed by atoms with E-state index in [-0.39, 0.29) is 0 Å². The van der Waals surface area contributed by atoms with E-state index in [2.05, 4.69) is 36.3 Å². The third kappa shape index (κ3) is 4.06. The Labute approximate surface area is 116 Å². The molecule has 1 aliphatic carbocycles. The molecule has 1 fully saturated rings. The molecular weight excluding hydrogens is 236 g/mol. The summed E-state index contributed by atoms with van der Waals surface area (Å²) in [7, 11) is 2.00. The zero-order chi connectivity index (χ0) is 13.7. The molecule has 1 aromatic heterocycles. The Balaban J connectivity index is 1.78. The zero-order valence-corrected chi connectivity index (χ0v) is 12.1. The lowest BCUT2D eigenvalue weighted by Crippen LogP contribution is -2.45. The lowest BCUT2D eigenvalue weighted by atomic mass is 9.89. The number of ether oxygens (including phenoxy) is 1. The molecule has 0 aliphatic heterocycles. The quantitative estimate of drug-likeness (QED) is 0.798. The molecule has 0 bridgehead atoms. The summed E-state index contributed by atoms with van der Waals surface area (Å²) in [6.07, 6.45) is 8.76. The smallest absolute Gasteiger partial charge is 0.213 e. The summed E-state index contributed by atoms with van der Waals surface area (Å²) >= 11 is 0. The first kappa shape index (κ1) is 14.1. The number of hydrogen-bond donors (Lipinski definition) is 1. The summed E-state index contributed by atoms with van der Waals surface area (Å²) in [5.74, 6) is 0.756. The van der Waals surface area contributed by atoms with Gasteiger partial charge in [0, 0.05) is 18.3 Å². The van der Waals surface area contributed by atoms with Gasteiger partial charge >= 0.3 is 0 Å². The highest BCUT2D eigenvalue weighted by atomic mass is 16.5. The molecule has 3 heteroatoms. The minimum Gasteiger partial charge on any atom is -0.474 e. The first-order chi connectivity index (χ1) is 9.21. The van der Waals surface area contributed by atoms with E-state index in [1.807, 2.05) is 19.3 Å². The molecule has 0 spiro atoms. The summed E-state index contributed by atoms with van der Waals surface area (Å²) < 4.78 is 5.82. The molecule has 0 atom stereocenters. The van der Waals surface area contributed by atoms with Gasteiger partial charge in [0.15, 0.2) is 0 Å². The van der Waals surface area contributed by atoms with Gasteiger partial charge in [-0.2, -0.15) is 0 Å². The number of hydrogen-bond acceptors (Lipinski definition) is 3. The molecule has 1 N–H and O–H groups in total. The largest absolute Gasteiger partial charge is 0.474 e. The van der Waals surface area contributed by atoms with Crippen molar-refractivity contribution in [1.82, 2.24) is 10.3 Å². The molecule has 0 aromatic carbocycles. The summed E-state index contributed by atoms with van der Waals surface area (Å²) in [4.78, 5) is 4.39. The Bertz CT molecular complexity index is 419. The lowest BCUT2D eigenvalue weighted by molar-refractivity contribution is 0.0839. The van der Waals surface area contributed by atoms with E-state index in [9.17, 15) is 0 Å². The zero-order valence-electron chi connectivity index (χ0n) is 12.1. The predicted octanol–water partition coefficient (Wildman–Crippen LogP) is 3.11. The van der Waals surface area contributed by atoms with Crippen molar-refractivity contribution in [3.8, 4) is 5.88 Å². The van der Waals surface area contributed by atoms with E-state index in [1.165, 1.54) is 11.1 Å². The van der Waals surface area contributed by atoms with Crippen LogP contribution in [0.1, 0.15) is 38.7 Å². The van der Waals surface area contributed by atoms with Crippen molar-refractivity contribution in [2.24, 2.45) is 0 Å². The maximum atomic E-state index is 5.82. The third-order valence-electron chi connectivity index (χ3n) is 3.89. The normalized spacial score (nSPS) is 23.0. The predicted molar refractivity (Wildman–Crippen MR) is 78.5 cm³/mol. The number of allylic oxidation sites excluding steroid dienone is 2. The fourth-order valence-electron chi connectivity index (χ4n) is 2.18. The van der Waals surface area contributed by atoms with Gasteiger partial charge in [-0.1, -0.05) is 17.7 Å². The molecule has 1 aromatic rings. The Hall–Kier alpha value is -1.35. The highest BCUT2D eigenvalue weighted by molar-refractivity contribution is 5.19. The van der Waals surface area contributed by atoms with Crippen molar-refractivity contribution in [3.05, 3.63) is 35.5 Å². The van der Waals surface area contributed by atoms with Crippen LogP contribution in [-0.2, 0) is 6.42 Å². The monoisotopic (exact) mass is 260 g/mol. The first-order valence-corrected chi connectivity index (χ1v) is 7.12. The van der Waals surface area contributed by atoms with Crippen LogP contribution in [0.4, 0.5) is 0 Å². The summed E-state index contributed by atoms with van der Waals surface area (Å²) in [6.45, 7) is 4.25. The van der Waals surface area contributed by atoms with Crippen molar-refractivity contribution < 1.29 is 4.74 Å².